The molecule has 0 aromatic rings. The lowest BCUT2D eigenvalue weighted by Crippen LogP contribution is -2.58. The van der Waals surface area contributed by atoms with Gasteiger partial charge in [-0.25, -0.2) is 0 Å². The standard InChI is InChI=1S/C14H28N2O8Si2/c1-7-17-25(18-8-2-15(1)3-9-19-25)23-13-14-24-26-20-10-4-16(5-11-21-26)6-12-22-26/h1-14H2. The van der Waals surface area contributed by atoms with Crippen molar-refractivity contribution in [2.24, 2.45) is 0 Å². The average Bonchev–Trinajstić information content (AvgIpc) is 2.52. The monoisotopic (exact) mass is 408 g/mol. The maximum absolute atomic E-state index is 5.93. The molecule has 150 valence electrons. The molecule has 6 fully saturated rings. The summed E-state index contributed by atoms with van der Waals surface area (Å²) in [6.07, 6.45) is 0. The van der Waals surface area contributed by atoms with Crippen LogP contribution in [0.15, 0.2) is 0 Å². The van der Waals surface area contributed by atoms with E-state index < -0.39 is 18.1 Å². The van der Waals surface area contributed by atoms with E-state index in [-0.39, 0.29) is 13.2 Å². The van der Waals surface area contributed by atoms with Gasteiger partial charge >= 0.3 is 18.1 Å². The van der Waals surface area contributed by atoms with Crippen LogP contribution >= 0.6 is 0 Å². The van der Waals surface area contributed by atoms with Gasteiger partial charge in [-0.3, -0.25) is 9.80 Å². The minimum atomic E-state index is -3.09. The molecule has 0 aromatic carbocycles. The van der Waals surface area contributed by atoms with Crippen LogP contribution in [0, 0.1) is 0 Å². The lowest BCUT2D eigenvalue weighted by Gasteiger charge is -2.37. The summed E-state index contributed by atoms with van der Waals surface area (Å²) in [5, 5.41) is 0. The van der Waals surface area contributed by atoms with Gasteiger partial charge in [-0.1, -0.05) is 0 Å². The zero-order valence-electron chi connectivity index (χ0n) is 15.1. The zero-order chi connectivity index (χ0) is 17.7. The predicted octanol–water partition coefficient (Wildman–Crippen LogP) is -1.35. The minimum Gasteiger partial charge on any atom is -0.350 e. The highest BCUT2D eigenvalue weighted by molar-refractivity contribution is 6.54. The van der Waals surface area contributed by atoms with Crippen molar-refractivity contribution in [3.05, 3.63) is 0 Å². The second-order valence-corrected chi connectivity index (χ2v) is 10.8. The van der Waals surface area contributed by atoms with Gasteiger partial charge < -0.3 is 35.4 Å². The summed E-state index contributed by atoms with van der Waals surface area (Å²) in [5.41, 5.74) is 0. The molecular formula is C14H28N2O8Si2. The maximum atomic E-state index is 5.93. The molecule has 0 saturated carbocycles. The van der Waals surface area contributed by atoms with Crippen LogP contribution in [0.2, 0.25) is 0 Å². The van der Waals surface area contributed by atoms with Gasteiger partial charge in [-0.15, -0.1) is 0 Å². The van der Waals surface area contributed by atoms with E-state index in [1.807, 2.05) is 0 Å². The molecule has 6 saturated heterocycles. The Morgan fingerprint density at radius 3 is 1.04 bits per heavy atom. The van der Waals surface area contributed by atoms with Crippen molar-refractivity contribution in [3.8, 4) is 0 Å². The third-order valence-corrected chi connectivity index (χ3v) is 9.22. The van der Waals surface area contributed by atoms with E-state index in [1.165, 1.54) is 0 Å². The van der Waals surface area contributed by atoms with Gasteiger partial charge in [0.25, 0.3) is 0 Å². The molecule has 6 heterocycles. The molecule has 0 N–H and O–H groups in total. The van der Waals surface area contributed by atoms with E-state index in [0.29, 0.717) is 39.6 Å². The Bertz CT molecular complexity index is 370. The first-order chi connectivity index (χ1) is 12.8. The van der Waals surface area contributed by atoms with Crippen LogP contribution in [0.25, 0.3) is 0 Å². The van der Waals surface area contributed by atoms with Gasteiger partial charge in [0, 0.05) is 39.3 Å². The fourth-order valence-electron chi connectivity index (χ4n) is 3.30. The van der Waals surface area contributed by atoms with Crippen LogP contribution < -0.4 is 0 Å². The molecule has 0 atom stereocenters. The van der Waals surface area contributed by atoms with Crippen molar-refractivity contribution in [2.75, 3.05) is 92.1 Å². The number of rotatable bonds is 5. The number of hydrogen-bond donors (Lipinski definition) is 0. The topological polar surface area (TPSA) is 80.3 Å². The second kappa shape index (κ2) is 9.02. The molecule has 0 aromatic heterocycles. The van der Waals surface area contributed by atoms with E-state index >= 15 is 0 Å². The molecule has 0 unspecified atom stereocenters. The van der Waals surface area contributed by atoms with Gasteiger partial charge in [0.15, 0.2) is 0 Å². The van der Waals surface area contributed by atoms with Crippen LogP contribution in [0.3, 0.4) is 0 Å². The first-order valence-electron chi connectivity index (χ1n) is 9.34. The van der Waals surface area contributed by atoms with Crippen molar-refractivity contribution in [1.82, 2.24) is 9.80 Å². The first-order valence-corrected chi connectivity index (χ1v) is 12.6. The Balaban J connectivity index is 1.28. The molecule has 6 aliphatic rings. The summed E-state index contributed by atoms with van der Waals surface area (Å²) in [6, 6.07) is 0. The van der Waals surface area contributed by atoms with E-state index in [0.717, 1.165) is 39.3 Å². The maximum Gasteiger partial charge on any atom is 0.679 e. The Labute approximate surface area is 156 Å². The van der Waals surface area contributed by atoms with E-state index in [9.17, 15) is 0 Å². The Morgan fingerprint density at radius 2 is 0.769 bits per heavy atom. The highest BCUT2D eigenvalue weighted by Crippen LogP contribution is 2.19. The fourth-order valence-corrected chi connectivity index (χ4v) is 7.02. The third kappa shape index (κ3) is 4.90. The predicted molar refractivity (Wildman–Crippen MR) is 92.0 cm³/mol. The Kier molecular flexibility index (Phi) is 6.72. The van der Waals surface area contributed by atoms with Crippen LogP contribution in [0.5, 0.6) is 0 Å². The second-order valence-electron chi connectivity index (χ2n) is 6.47. The summed E-state index contributed by atoms with van der Waals surface area (Å²) in [7, 11) is -6.17. The summed E-state index contributed by atoms with van der Waals surface area (Å²) >= 11 is 0. The highest BCUT2D eigenvalue weighted by Gasteiger charge is 2.50. The largest absolute Gasteiger partial charge is 0.679 e. The van der Waals surface area contributed by atoms with Gasteiger partial charge in [0.05, 0.1) is 52.9 Å². The highest BCUT2D eigenvalue weighted by atomic mass is 28.4. The van der Waals surface area contributed by atoms with Gasteiger partial charge in [0.2, 0.25) is 0 Å². The molecule has 26 heavy (non-hydrogen) atoms. The van der Waals surface area contributed by atoms with E-state index in [1.54, 1.807) is 0 Å². The number of nitrogens with zero attached hydrogens (tertiary/aromatic N) is 2. The van der Waals surface area contributed by atoms with E-state index in [2.05, 4.69) is 9.80 Å². The van der Waals surface area contributed by atoms with Crippen molar-refractivity contribution >= 4 is 18.1 Å². The lowest BCUT2D eigenvalue weighted by molar-refractivity contribution is -0.0949. The third-order valence-electron chi connectivity index (χ3n) is 4.76. The lowest BCUT2D eigenvalue weighted by atomic mass is 10.4. The molecule has 0 amide bonds. The molecule has 4 bridgehead atoms. The van der Waals surface area contributed by atoms with Crippen molar-refractivity contribution in [3.63, 3.8) is 0 Å². The van der Waals surface area contributed by atoms with Crippen molar-refractivity contribution in [1.29, 1.82) is 0 Å². The summed E-state index contributed by atoms with van der Waals surface area (Å²) in [5.74, 6) is 0. The Morgan fingerprint density at radius 1 is 0.500 bits per heavy atom. The number of fused-ring (bicyclic) bond motifs is 12. The summed E-state index contributed by atoms with van der Waals surface area (Å²) in [6.45, 7) is 9.16. The zero-order valence-corrected chi connectivity index (χ0v) is 17.1. The fraction of sp³-hybridized carbons (Fsp3) is 1.00. The SMILES string of the molecule is C(CO[Si]12OCCN(CCO1)CCO2)O[Si]12OCCN(CCO1)CCO2. The molecule has 0 radical (unpaired) electrons. The molecule has 6 aliphatic heterocycles. The molecule has 6 rings (SSSR count). The van der Waals surface area contributed by atoms with Gasteiger partial charge in [0.1, 0.15) is 0 Å². The molecule has 12 heteroatoms. The van der Waals surface area contributed by atoms with Crippen LogP contribution in [0.1, 0.15) is 0 Å². The molecule has 0 aliphatic carbocycles. The molecule has 0 spiro atoms. The Hall–Kier alpha value is 0.0338. The van der Waals surface area contributed by atoms with Gasteiger partial charge in [-0.2, -0.15) is 0 Å². The quantitative estimate of drug-likeness (QED) is 0.402. The normalized spacial score (nSPS) is 41.5. The van der Waals surface area contributed by atoms with Gasteiger partial charge in [-0.05, 0) is 0 Å². The smallest absolute Gasteiger partial charge is 0.350 e. The van der Waals surface area contributed by atoms with E-state index in [4.69, 9.17) is 35.4 Å². The van der Waals surface area contributed by atoms with Crippen molar-refractivity contribution < 1.29 is 35.4 Å². The molecular weight excluding hydrogens is 380 g/mol. The van der Waals surface area contributed by atoms with Crippen LogP contribution in [-0.2, 0) is 35.4 Å². The van der Waals surface area contributed by atoms with Crippen molar-refractivity contribution in [2.45, 2.75) is 0 Å². The van der Waals surface area contributed by atoms with Crippen LogP contribution in [-0.4, -0.2) is 120 Å². The molecule has 10 nitrogen and oxygen atoms in total. The summed E-state index contributed by atoms with van der Waals surface area (Å²) in [4.78, 5) is 4.53. The number of hydrogen-bond acceptors (Lipinski definition) is 10. The van der Waals surface area contributed by atoms with Crippen LogP contribution in [0.4, 0.5) is 0 Å². The summed E-state index contributed by atoms with van der Waals surface area (Å²) < 4.78 is 46.9. The minimum absolute atomic E-state index is 0.285. The average molecular weight is 409 g/mol. The first kappa shape index (κ1) is 19.4.